The molecule has 1 aromatic heterocycles. The first-order chi connectivity index (χ1) is 7.27. The molecule has 84 valence electrons. The van der Waals surface area contributed by atoms with Crippen LogP contribution in [0.5, 0.6) is 0 Å². The van der Waals surface area contributed by atoms with E-state index >= 15 is 0 Å². The predicted molar refractivity (Wildman–Crippen MR) is 63.5 cm³/mol. The first kappa shape index (κ1) is 12.7. The van der Waals surface area contributed by atoms with Gasteiger partial charge in [0.05, 0.1) is 0 Å². The third-order valence-electron chi connectivity index (χ3n) is 2.21. The van der Waals surface area contributed by atoms with Gasteiger partial charge in [-0.3, -0.25) is 4.90 Å². The molecule has 1 rings (SSSR count). The number of rotatable bonds is 6. The van der Waals surface area contributed by atoms with Crippen LogP contribution >= 0.6 is 23.2 Å². The van der Waals surface area contributed by atoms with Crippen molar-refractivity contribution in [2.75, 3.05) is 24.8 Å². The van der Waals surface area contributed by atoms with Crippen LogP contribution in [0.1, 0.15) is 11.3 Å². The van der Waals surface area contributed by atoms with Gasteiger partial charge in [-0.25, -0.2) is 9.97 Å². The van der Waals surface area contributed by atoms with Gasteiger partial charge in [0, 0.05) is 48.8 Å². The highest BCUT2D eigenvalue weighted by Crippen LogP contribution is 2.06. The molecule has 3 nitrogen and oxygen atoms in total. The minimum absolute atomic E-state index is 0.615. The Kier molecular flexibility index (Phi) is 5.91. The van der Waals surface area contributed by atoms with E-state index in [0.717, 1.165) is 30.9 Å². The second-order valence-electron chi connectivity index (χ2n) is 3.29. The lowest BCUT2D eigenvalue weighted by molar-refractivity contribution is 0.298. The molecule has 15 heavy (non-hydrogen) atoms. The first-order valence-corrected chi connectivity index (χ1v) is 5.94. The van der Waals surface area contributed by atoms with E-state index in [9.17, 15) is 0 Å². The van der Waals surface area contributed by atoms with Gasteiger partial charge in [0.15, 0.2) is 0 Å². The summed E-state index contributed by atoms with van der Waals surface area (Å²) in [5.74, 6) is 1.23. The number of hydrogen-bond donors (Lipinski definition) is 0. The summed E-state index contributed by atoms with van der Waals surface area (Å²) < 4.78 is 0. The second kappa shape index (κ2) is 6.99. The Hall–Kier alpha value is -0.380. The summed E-state index contributed by atoms with van der Waals surface area (Å²) in [5, 5.41) is 0. The van der Waals surface area contributed by atoms with Gasteiger partial charge in [0.1, 0.15) is 6.33 Å². The van der Waals surface area contributed by atoms with Crippen molar-refractivity contribution in [2.45, 2.75) is 13.5 Å². The summed E-state index contributed by atoms with van der Waals surface area (Å²) in [5.41, 5.74) is 2.15. The molecule has 0 N–H and O–H groups in total. The summed E-state index contributed by atoms with van der Waals surface area (Å²) >= 11 is 11.4. The molecule has 0 spiro atoms. The van der Waals surface area contributed by atoms with Gasteiger partial charge in [-0.1, -0.05) is 0 Å². The van der Waals surface area contributed by atoms with Crippen LogP contribution in [0.4, 0.5) is 0 Å². The van der Waals surface area contributed by atoms with Crippen molar-refractivity contribution in [2.24, 2.45) is 0 Å². The molecule has 0 aliphatic rings. The van der Waals surface area contributed by atoms with Crippen LogP contribution in [-0.2, 0) is 6.54 Å². The second-order valence-corrected chi connectivity index (χ2v) is 4.04. The summed E-state index contributed by atoms with van der Waals surface area (Å²) in [6.45, 7) is 4.47. The van der Waals surface area contributed by atoms with E-state index in [2.05, 4.69) is 14.9 Å². The maximum absolute atomic E-state index is 5.72. The van der Waals surface area contributed by atoms with Gasteiger partial charge < -0.3 is 0 Å². The number of alkyl halides is 2. The fraction of sp³-hybridized carbons (Fsp3) is 0.600. The van der Waals surface area contributed by atoms with Crippen molar-refractivity contribution in [3.63, 3.8) is 0 Å². The van der Waals surface area contributed by atoms with E-state index in [-0.39, 0.29) is 0 Å². The minimum atomic E-state index is 0.615. The highest BCUT2D eigenvalue weighted by Gasteiger charge is 2.07. The number of aryl methyl sites for hydroxylation is 1. The number of nitrogens with zero attached hydrogens (tertiary/aromatic N) is 3. The van der Waals surface area contributed by atoms with Gasteiger partial charge in [-0.05, 0) is 6.92 Å². The maximum atomic E-state index is 5.72. The summed E-state index contributed by atoms with van der Waals surface area (Å²) in [7, 11) is 0. The molecule has 0 aromatic carbocycles. The molecular formula is C10H15Cl2N3. The van der Waals surface area contributed by atoms with Crippen molar-refractivity contribution in [3.05, 3.63) is 23.8 Å². The minimum Gasteiger partial charge on any atom is -0.297 e. The van der Waals surface area contributed by atoms with E-state index in [4.69, 9.17) is 23.2 Å². The van der Waals surface area contributed by atoms with E-state index in [1.54, 1.807) is 6.33 Å². The lowest BCUT2D eigenvalue weighted by Gasteiger charge is -2.20. The normalized spacial score (nSPS) is 10.9. The Morgan fingerprint density at radius 3 is 2.47 bits per heavy atom. The van der Waals surface area contributed by atoms with Gasteiger partial charge in [0.25, 0.3) is 0 Å². The smallest absolute Gasteiger partial charge is 0.115 e. The van der Waals surface area contributed by atoms with Crippen LogP contribution in [0.25, 0.3) is 0 Å². The Morgan fingerprint density at radius 2 is 1.93 bits per heavy atom. The van der Waals surface area contributed by atoms with Crippen LogP contribution in [0.3, 0.4) is 0 Å². The lowest BCUT2D eigenvalue weighted by Crippen LogP contribution is -2.27. The average Bonchev–Trinajstić information content (AvgIpc) is 2.22. The molecule has 0 unspecified atom stereocenters. The molecule has 0 saturated carbocycles. The van der Waals surface area contributed by atoms with Crippen molar-refractivity contribution < 1.29 is 0 Å². The molecule has 0 radical (unpaired) electrons. The predicted octanol–water partition coefficient (Wildman–Crippen LogP) is 2.06. The molecule has 5 heteroatoms. The van der Waals surface area contributed by atoms with Crippen LogP contribution in [0.2, 0.25) is 0 Å². The maximum Gasteiger partial charge on any atom is 0.115 e. The van der Waals surface area contributed by atoms with Gasteiger partial charge in [0.2, 0.25) is 0 Å². The highest BCUT2D eigenvalue weighted by molar-refractivity contribution is 6.18. The third kappa shape index (κ3) is 4.33. The number of halogens is 2. The van der Waals surface area contributed by atoms with E-state index < -0.39 is 0 Å². The molecular weight excluding hydrogens is 233 g/mol. The fourth-order valence-electron chi connectivity index (χ4n) is 1.32. The molecule has 0 aliphatic heterocycles. The molecule has 0 atom stereocenters. The Bertz CT molecular complexity index is 288. The molecule has 1 aromatic rings. The summed E-state index contributed by atoms with van der Waals surface area (Å²) in [4.78, 5) is 10.4. The van der Waals surface area contributed by atoms with Crippen LogP contribution in [0.15, 0.2) is 12.5 Å². The van der Waals surface area contributed by atoms with Crippen LogP contribution in [0, 0.1) is 6.92 Å². The first-order valence-electron chi connectivity index (χ1n) is 4.87. The number of aromatic nitrogens is 2. The lowest BCUT2D eigenvalue weighted by atomic mass is 10.2. The third-order valence-corrected chi connectivity index (χ3v) is 2.55. The van der Waals surface area contributed by atoms with Crippen molar-refractivity contribution in [1.82, 2.24) is 14.9 Å². The summed E-state index contributed by atoms with van der Waals surface area (Å²) in [6, 6.07) is 0. The van der Waals surface area contributed by atoms with E-state index in [0.29, 0.717) is 11.8 Å². The Balaban J connectivity index is 2.60. The van der Waals surface area contributed by atoms with Gasteiger partial charge >= 0.3 is 0 Å². The summed E-state index contributed by atoms with van der Waals surface area (Å²) in [6.07, 6.45) is 3.41. The zero-order valence-electron chi connectivity index (χ0n) is 8.79. The van der Waals surface area contributed by atoms with Crippen LogP contribution < -0.4 is 0 Å². The number of hydrogen-bond acceptors (Lipinski definition) is 3. The van der Waals surface area contributed by atoms with Crippen molar-refractivity contribution in [1.29, 1.82) is 0 Å². The zero-order valence-corrected chi connectivity index (χ0v) is 10.3. The quantitative estimate of drug-likeness (QED) is 0.721. The van der Waals surface area contributed by atoms with Gasteiger partial charge in [-0.2, -0.15) is 0 Å². The largest absolute Gasteiger partial charge is 0.297 e. The Labute approximate surface area is 100 Å². The average molecular weight is 248 g/mol. The molecule has 0 saturated heterocycles. The van der Waals surface area contributed by atoms with Crippen molar-refractivity contribution >= 4 is 23.2 Å². The van der Waals surface area contributed by atoms with Crippen LogP contribution in [-0.4, -0.2) is 39.7 Å². The Morgan fingerprint density at radius 1 is 1.27 bits per heavy atom. The molecule has 0 amide bonds. The highest BCUT2D eigenvalue weighted by atomic mass is 35.5. The monoisotopic (exact) mass is 247 g/mol. The topological polar surface area (TPSA) is 29.0 Å². The molecule has 0 fully saturated rings. The molecule has 0 aliphatic carbocycles. The molecule has 0 bridgehead atoms. The SMILES string of the molecule is Cc1ncncc1CN(CCCl)CCCl. The van der Waals surface area contributed by atoms with Gasteiger partial charge in [-0.15, -0.1) is 23.2 Å². The van der Waals surface area contributed by atoms with Crippen molar-refractivity contribution in [3.8, 4) is 0 Å². The fourth-order valence-corrected chi connectivity index (χ4v) is 1.80. The standard InChI is InChI=1S/C10H15Cl2N3/c1-9-10(6-13-8-14-9)7-15(4-2-11)5-3-12/h6,8H,2-5,7H2,1H3. The van der Waals surface area contributed by atoms with E-state index in [1.165, 1.54) is 0 Å². The zero-order chi connectivity index (χ0) is 11.1. The molecule has 1 heterocycles. The van der Waals surface area contributed by atoms with E-state index in [1.807, 2.05) is 13.1 Å².